The van der Waals surface area contributed by atoms with Gasteiger partial charge in [0, 0.05) is 26.2 Å². The predicted octanol–water partition coefficient (Wildman–Crippen LogP) is 0.0200. The molecule has 2 N–H and O–H groups in total. The van der Waals surface area contributed by atoms with Gasteiger partial charge in [0.25, 0.3) is 0 Å². The summed E-state index contributed by atoms with van der Waals surface area (Å²) in [5, 5.41) is 0. The number of nitrogens with zero attached hydrogens (tertiary/aromatic N) is 2. The van der Waals surface area contributed by atoms with Crippen LogP contribution in [0, 0.1) is 0 Å². The molecule has 0 unspecified atom stereocenters. The van der Waals surface area contributed by atoms with E-state index in [9.17, 15) is 8.42 Å². The molecule has 0 aromatic carbocycles. The Kier molecular flexibility index (Phi) is 5.78. The van der Waals surface area contributed by atoms with Crippen molar-refractivity contribution in [2.75, 3.05) is 39.0 Å². The van der Waals surface area contributed by atoms with Gasteiger partial charge in [0.15, 0.2) is 0 Å². The molecule has 1 aliphatic rings. The average molecular weight is 279 g/mol. The van der Waals surface area contributed by atoms with E-state index in [1.54, 1.807) is 4.31 Å². The van der Waals surface area contributed by atoms with Gasteiger partial charge in [-0.3, -0.25) is 0 Å². The zero-order chi connectivity index (χ0) is 12.9. The van der Waals surface area contributed by atoms with Crippen LogP contribution >= 0.6 is 12.2 Å². The van der Waals surface area contributed by atoms with Crippen molar-refractivity contribution in [3.63, 3.8) is 0 Å². The lowest BCUT2D eigenvalue weighted by Crippen LogP contribution is -2.48. The number of hydrogen-bond acceptors (Lipinski definition) is 4. The fourth-order valence-electron chi connectivity index (χ4n) is 1.92. The summed E-state index contributed by atoms with van der Waals surface area (Å²) in [6.45, 7) is 3.85. The van der Waals surface area contributed by atoms with Crippen molar-refractivity contribution in [1.29, 1.82) is 0 Å². The molecule has 0 aromatic heterocycles. The van der Waals surface area contributed by atoms with E-state index >= 15 is 0 Å². The lowest BCUT2D eigenvalue weighted by atomic mass is 10.2. The summed E-state index contributed by atoms with van der Waals surface area (Å²) in [7, 11) is -3.01. The first kappa shape index (κ1) is 14.8. The molecule has 1 saturated heterocycles. The van der Waals surface area contributed by atoms with E-state index in [2.05, 4.69) is 4.90 Å². The second-order valence-corrected chi connectivity index (χ2v) is 6.93. The van der Waals surface area contributed by atoms with Crippen molar-refractivity contribution < 1.29 is 8.42 Å². The van der Waals surface area contributed by atoms with Crippen molar-refractivity contribution >= 4 is 27.2 Å². The molecule has 5 nitrogen and oxygen atoms in total. The molecule has 1 heterocycles. The average Bonchev–Trinajstić information content (AvgIpc) is 2.23. The van der Waals surface area contributed by atoms with Crippen LogP contribution in [0.3, 0.4) is 0 Å². The van der Waals surface area contributed by atoms with E-state index in [0.717, 1.165) is 38.9 Å². The predicted molar refractivity (Wildman–Crippen MR) is 73.5 cm³/mol. The molecule has 100 valence electrons. The molecule has 0 radical (unpaired) electrons. The Balaban J connectivity index is 2.17. The third-order valence-electron chi connectivity index (χ3n) is 2.95. The second-order valence-electron chi connectivity index (χ2n) is 4.43. The highest BCUT2D eigenvalue weighted by molar-refractivity contribution is 7.88. The van der Waals surface area contributed by atoms with Crippen molar-refractivity contribution in [2.45, 2.75) is 19.3 Å². The first-order valence-electron chi connectivity index (χ1n) is 5.85. The van der Waals surface area contributed by atoms with Crippen LogP contribution in [0.1, 0.15) is 19.3 Å². The largest absolute Gasteiger partial charge is 0.393 e. The quantitative estimate of drug-likeness (QED) is 0.548. The Morgan fingerprint density at radius 2 is 1.82 bits per heavy atom. The van der Waals surface area contributed by atoms with E-state index in [4.69, 9.17) is 18.0 Å². The van der Waals surface area contributed by atoms with Crippen molar-refractivity contribution in [2.24, 2.45) is 5.73 Å². The number of unbranched alkanes of at least 4 members (excludes halogenated alkanes) is 1. The van der Waals surface area contributed by atoms with Gasteiger partial charge in [-0.1, -0.05) is 12.2 Å². The smallest absolute Gasteiger partial charge is 0.211 e. The maximum Gasteiger partial charge on any atom is 0.211 e. The van der Waals surface area contributed by atoms with E-state index in [-0.39, 0.29) is 0 Å². The van der Waals surface area contributed by atoms with E-state index < -0.39 is 10.0 Å². The maximum atomic E-state index is 11.3. The van der Waals surface area contributed by atoms with Crippen LogP contribution in [0.15, 0.2) is 0 Å². The number of hydrogen-bond donors (Lipinski definition) is 1. The first-order chi connectivity index (χ1) is 7.89. The SMILES string of the molecule is CS(=O)(=O)N1CCN(CCCCC(N)=S)CC1. The molecule has 0 aliphatic carbocycles. The standard InChI is InChI=1S/C10H21N3O2S2/c1-17(14,15)13-8-6-12(7-9-13)5-3-2-4-10(11)16/h2-9H2,1H3,(H2,11,16). The van der Waals surface area contributed by atoms with Crippen molar-refractivity contribution in [1.82, 2.24) is 9.21 Å². The zero-order valence-corrected chi connectivity index (χ0v) is 11.9. The molecule has 1 rings (SSSR count). The molecule has 0 spiro atoms. The van der Waals surface area contributed by atoms with Gasteiger partial charge in [-0.05, 0) is 25.8 Å². The van der Waals surface area contributed by atoms with Crippen LogP contribution in [0.5, 0.6) is 0 Å². The minimum Gasteiger partial charge on any atom is -0.393 e. The van der Waals surface area contributed by atoms with Gasteiger partial charge in [0.2, 0.25) is 10.0 Å². The summed E-state index contributed by atoms with van der Waals surface area (Å²) in [6.07, 6.45) is 4.15. The van der Waals surface area contributed by atoms with E-state index in [1.807, 2.05) is 0 Å². The molecule has 0 atom stereocenters. The van der Waals surface area contributed by atoms with E-state index in [0.29, 0.717) is 18.1 Å². The van der Waals surface area contributed by atoms with Crippen LogP contribution in [-0.4, -0.2) is 61.6 Å². The molecule has 1 fully saturated rings. The molecule has 0 amide bonds. The Morgan fingerprint density at radius 1 is 1.24 bits per heavy atom. The van der Waals surface area contributed by atoms with Gasteiger partial charge in [-0.2, -0.15) is 4.31 Å². The molecule has 0 bridgehead atoms. The molecular weight excluding hydrogens is 258 g/mol. The topological polar surface area (TPSA) is 66.6 Å². The third kappa shape index (κ3) is 5.76. The van der Waals surface area contributed by atoms with E-state index in [1.165, 1.54) is 6.26 Å². The number of sulfonamides is 1. The summed E-state index contributed by atoms with van der Waals surface area (Å²) in [5.74, 6) is 0. The summed E-state index contributed by atoms with van der Waals surface area (Å²) < 4.78 is 24.2. The molecule has 7 heteroatoms. The monoisotopic (exact) mass is 279 g/mol. The number of thiocarbonyl (C=S) groups is 1. The maximum absolute atomic E-state index is 11.3. The van der Waals surface area contributed by atoms with Crippen LogP contribution in [0.25, 0.3) is 0 Å². The van der Waals surface area contributed by atoms with Gasteiger partial charge >= 0.3 is 0 Å². The lowest BCUT2D eigenvalue weighted by Gasteiger charge is -2.33. The minimum atomic E-state index is -3.01. The Morgan fingerprint density at radius 3 is 2.29 bits per heavy atom. The van der Waals surface area contributed by atoms with Gasteiger partial charge < -0.3 is 10.6 Å². The number of rotatable bonds is 6. The Bertz CT molecular complexity index is 349. The normalized spacial score (nSPS) is 19.4. The molecular formula is C10H21N3O2S2. The van der Waals surface area contributed by atoms with Gasteiger partial charge in [-0.15, -0.1) is 0 Å². The number of nitrogens with two attached hydrogens (primary N) is 1. The highest BCUT2D eigenvalue weighted by atomic mass is 32.2. The molecule has 0 saturated carbocycles. The van der Waals surface area contributed by atoms with Crippen LogP contribution in [0.4, 0.5) is 0 Å². The summed E-state index contributed by atoms with van der Waals surface area (Å²) in [5.41, 5.74) is 5.42. The minimum absolute atomic E-state index is 0.576. The fraction of sp³-hybridized carbons (Fsp3) is 0.900. The Labute approximate surface area is 109 Å². The second kappa shape index (κ2) is 6.63. The Hall–Kier alpha value is -0.240. The first-order valence-corrected chi connectivity index (χ1v) is 8.11. The van der Waals surface area contributed by atoms with Crippen LogP contribution in [-0.2, 0) is 10.0 Å². The molecule has 0 aromatic rings. The van der Waals surface area contributed by atoms with Crippen molar-refractivity contribution in [3.05, 3.63) is 0 Å². The summed E-state index contributed by atoms with van der Waals surface area (Å²) in [4.78, 5) is 2.87. The highest BCUT2D eigenvalue weighted by Gasteiger charge is 2.22. The number of piperazine rings is 1. The highest BCUT2D eigenvalue weighted by Crippen LogP contribution is 2.07. The molecule has 17 heavy (non-hydrogen) atoms. The molecule has 1 aliphatic heterocycles. The summed E-state index contributed by atoms with van der Waals surface area (Å²) in [6, 6.07) is 0. The van der Waals surface area contributed by atoms with Gasteiger partial charge in [0.1, 0.15) is 0 Å². The third-order valence-corrected chi connectivity index (χ3v) is 4.46. The van der Waals surface area contributed by atoms with Crippen molar-refractivity contribution in [3.8, 4) is 0 Å². The van der Waals surface area contributed by atoms with Crippen LogP contribution in [0.2, 0.25) is 0 Å². The lowest BCUT2D eigenvalue weighted by molar-refractivity contribution is 0.186. The van der Waals surface area contributed by atoms with Gasteiger partial charge in [-0.25, -0.2) is 8.42 Å². The zero-order valence-electron chi connectivity index (χ0n) is 10.3. The van der Waals surface area contributed by atoms with Crippen LogP contribution < -0.4 is 5.73 Å². The van der Waals surface area contributed by atoms with Gasteiger partial charge in [0.05, 0.1) is 11.2 Å². The fourth-order valence-corrected chi connectivity index (χ4v) is 2.89. The summed E-state index contributed by atoms with van der Waals surface area (Å²) >= 11 is 4.81.